The van der Waals surface area contributed by atoms with Gasteiger partial charge in [0.25, 0.3) is 0 Å². The Morgan fingerprint density at radius 3 is 1.05 bits per heavy atom. The minimum atomic E-state index is -0.641. The molecule has 1 saturated carbocycles. The number of aromatic nitrogens is 15. The van der Waals surface area contributed by atoms with Crippen molar-refractivity contribution in [2.24, 2.45) is 33.0 Å². The molecule has 0 radical (unpaired) electrons. The maximum absolute atomic E-state index is 17.3. The second-order valence-electron chi connectivity index (χ2n) is 41.8. The summed E-state index contributed by atoms with van der Waals surface area (Å²) in [6.45, 7) is 16.0. The van der Waals surface area contributed by atoms with E-state index in [1.807, 2.05) is 270 Å². The number of aryl methyl sites for hydroxylation is 3. The molecule has 6 fully saturated rings. The summed E-state index contributed by atoms with van der Waals surface area (Å²) in [5, 5.41) is 27.3. The number of carbonyl (C=O) groups is 2. The van der Waals surface area contributed by atoms with Gasteiger partial charge in [0.05, 0.1) is 93.2 Å². The number of anilines is 3. The number of pyridine rings is 3. The lowest BCUT2D eigenvalue weighted by atomic mass is 9.98. The first-order valence-electron chi connectivity index (χ1n) is 51.2. The van der Waals surface area contributed by atoms with Crippen LogP contribution in [0.4, 0.5) is 40.2 Å². The molecular weight excluding hydrogens is 1900 g/mol. The Bertz CT molecular complexity index is 8440. The summed E-state index contributed by atoms with van der Waals surface area (Å²) >= 11 is 0. The average molecular weight is 2020 g/mol. The van der Waals surface area contributed by atoms with Crippen LogP contribution in [0.25, 0.3) is 132 Å². The number of benzene rings is 10. The lowest BCUT2D eigenvalue weighted by Crippen LogP contribution is -2.57. The van der Waals surface area contributed by atoms with E-state index >= 15 is 13.2 Å². The molecule has 33 heteroatoms. The highest BCUT2D eigenvalue weighted by Crippen LogP contribution is 2.47. The van der Waals surface area contributed by atoms with E-state index < -0.39 is 28.7 Å². The summed E-state index contributed by atoms with van der Waals surface area (Å²) in [6, 6.07) is 66.7. The van der Waals surface area contributed by atoms with E-state index in [1.165, 1.54) is 25.3 Å². The number of fused-ring (bicyclic) bond motifs is 15. The number of aromatic hydroxyl groups is 2. The Balaban J connectivity index is 0.000000129. The van der Waals surface area contributed by atoms with Crippen molar-refractivity contribution >= 4 is 128 Å². The number of para-hydroxylation sites is 6. The molecule has 150 heavy (non-hydrogen) atoms. The van der Waals surface area contributed by atoms with Crippen molar-refractivity contribution in [1.29, 1.82) is 0 Å². The number of phenolic OH excluding ortho intramolecular Hbond substituents is 2. The average Bonchev–Trinajstić information content (AvgIpc) is 1.73. The first kappa shape index (κ1) is 96.8. The maximum Gasteiger partial charge on any atom is 0.410 e. The van der Waals surface area contributed by atoms with Gasteiger partial charge in [-0.2, -0.15) is 29.9 Å². The molecule has 6 atom stereocenters. The van der Waals surface area contributed by atoms with Crippen molar-refractivity contribution in [3.8, 4) is 69.1 Å². The standard InChI is InChI=1S/C45H44FN7O4.C38H38FN7O4.C34H31FN6O2.H2/c1-45(2,3)57-44(54)53-30-18-19-31(53)26-52(25-30)42-35-24-47-40(34-23-32(22-29-14-8-9-15-33(29)34)56-27-28-12-6-5-7-13-28)39(46)41(35)49-43(50-42)55-21-20-38-48-36-16-10-11-17-37(36)51(38)4;1-38(2,3)50-37(48)46-23-13-14-24(46)21-45(20-23)35-28-19-40-33(27-18-25(47)17-22-9-5-6-10-26(22)27)32(39)34(28)42-36(43-35)49-16-15-31-41-29-11-7-8-12-30(29)44(31)4;1-40-28-9-5-4-8-27(28)37-29(40)12-13-43-34-38-32-26(33(39-34)41-18-20-10-11-21(14-20)19-41)17-36-31(30(32)35)25-16-23(42)15-22-6-2-3-7-24(22)25;/h5-17,22-24,30-31H,18-21,25-27H2,1-4H3;5-12,17-19,23-24,47H,13-16,20-21H2,1-4H3;2-9,15-17,20-21,42H,10-14,18-19H2,1H3;1H. The molecule has 1 aliphatic carbocycles. The minimum absolute atomic E-state index is 0. The van der Waals surface area contributed by atoms with Gasteiger partial charge in [-0.15, -0.1) is 0 Å². The number of ether oxygens (including phenoxy) is 6. The molecule has 6 aliphatic rings. The molecule has 5 aliphatic heterocycles. The SMILES string of the molecule is Cn1c(CCOc2nc(N3CC4CCC(C3)N4C(=O)OC(C)(C)C)c3cnc(-c4cc(O)cc5ccccc45)c(F)c3n2)nc2ccccc21.Cn1c(CCOc2nc(N3CC4CCC(C3)N4C(=O)OC(C)(C)C)c3cnc(-c4cc(OCc5ccccc5)cc5ccccc45)c(F)c3n2)nc2ccccc21.Cn1c(CCOc2nc(N3CC4CCC(C4)C3)c3cnc(-c4cc(O)cc5ccccc45)c(F)c3n2)nc2ccccc21.[HH]. The van der Waals surface area contributed by atoms with Crippen molar-refractivity contribution in [1.82, 2.24) is 83.3 Å². The number of carbonyl (C=O) groups excluding carboxylic acids is 2. The largest absolute Gasteiger partial charge is 0.508 e. The van der Waals surface area contributed by atoms with Crippen LogP contribution in [0, 0.1) is 29.3 Å². The predicted molar refractivity (Wildman–Crippen MR) is 574 cm³/mol. The number of piperazine rings is 2. The van der Waals surface area contributed by atoms with E-state index in [-0.39, 0.29) is 114 Å². The zero-order valence-electron chi connectivity index (χ0n) is 84.8. The molecule has 9 aromatic heterocycles. The maximum atomic E-state index is 17.3. The summed E-state index contributed by atoms with van der Waals surface area (Å²) in [7, 11) is 5.94. The molecule has 6 unspecified atom stereocenters. The summed E-state index contributed by atoms with van der Waals surface area (Å²) in [6.07, 6.45) is 12.8. The molecule has 30 nitrogen and oxygen atoms in total. The fraction of sp³-hybridized carbons (Fsp3) is 0.316. The monoisotopic (exact) mass is 2020 g/mol. The topological polar surface area (TPSA) is 316 Å². The Labute approximate surface area is 864 Å². The van der Waals surface area contributed by atoms with E-state index in [0.29, 0.717) is 127 Å². The first-order valence-corrected chi connectivity index (χ1v) is 51.2. The number of hydrogen-bond donors (Lipinski definition) is 2. The van der Waals surface area contributed by atoms with Crippen LogP contribution >= 0.6 is 0 Å². The van der Waals surface area contributed by atoms with Gasteiger partial charge in [-0.3, -0.25) is 24.8 Å². The number of rotatable bonds is 21. The smallest absolute Gasteiger partial charge is 0.410 e. The van der Waals surface area contributed by atoms with Gasteiger partial charge in [-0.1, -0.05) is 140 Å². The zero-order valence-corrected chi connectivity index (χ0v) is 84.8. The number of amides is 2. The first-order chi connectivity index (χ1) is 72.6. The Morgan fingerprint density at radius 1 is 0.367 bits per heavy atom. The van der Waals surface area contributed by atoms with Crippen LogP contribution in [0.3, 0.4) is 0 Å². The summed E-state index contributed by atoms with van der Waals surface area (Å²) in [5.41, 5.74) is 7.88. The quantitative estimate of drug-likeness (QED) is 0.0675. The Kier molecular flexibility index (Phi) is 25.7. The van der Waals surface area contributed by atoms with E-state index in [2.05, 4.69) is 39.2 Å². The van der Waals surface area contributed by atoms with Crippen molar-refractivity contribution < 1.29 is 62.8 Å². The molecule has 2 N–H and O–H groups in total. The van der Waals surface area contributed by atoms with Gasteiger partial charge < -0.3 is 67.0 Å². The summed E-state index contributed by atoms with van der Waals surface area (Å²) in [4.78, 5) is 93.4. The lowest BCUT2D eigenvalue weighted by molar-refractivity contribution is 0.0111. The second-order valence-corrected chi connectivity index (χ2v) is 41.8. The van der Waals surface area contributed by atoms with Gasteiger partial charge in [0.15, 0.2) is 17.5 Å². The van der Waals surface area contributed by atoms with Crippen molar-refractivity contribution in [2.75, 3.05) is 73.8 Å². The normalized spacial score (nSPS) is 17.5. The van der Waals surface area contributed by atoms with E-state index in [4.69, 9.17) is 68.3 Å². The van der Waals surface area contributed by atoms with Crippen molar-refractivity contribution in [2.45, 2.75) is 148 Å². The molecule has 5 saturated heterocycles. The van der Waals surface area contributed by atoms with Gasteiger partial charge in [0.2, 0.25) is 0 Å². The third-order valence-corrected chi connectivity index (χ3v) is 29.5. The number of hydrogen-bond acceptors (Lipinski definition) is 25. The Morgan fingerprint density at radius 2 is 0.693 bits per heavy atom. The molecule has 14 heterocycles. The van der Waals surface area contributed by atoms with Crippen LogP contribution in [-0.2, 0) is 56.5 Å². The highest BCUT2D eigenvalue weighted by molar-refractivity contribution is 6.04. The van der Waals surface area contributed by atoms with Gasteiger partial charge >= 0.3 is 30.2 Å². The van der Waals surface area contributed by atoms with Gasteiger partial charge in [-0.25, -0.2) is 37.7 Å². The van der Waals surface area contributed by atoms with Gasteiger partial charge in [0.1, 0.15) is 104 Å². The molecule has 6 bridgehead atoms. The number of imidazole rings is 3. The van der Waals surface area contributed by atoms with Gasteiger partial charge in [0, 0.05) is 116 Å². The number of nitrogens with zero attached hydrogens (tertiary/aromatic N) is 20. The van der Waals surface area contributed by atoms with Crippen molar-refractivity contribution in [3.63, 3.8) is 0 Å². The van der Waals surface area contributed by atoms with Crippen LogP contribution in [0.15, 0.2) is 231 Å². The number of piperidine rings is 1. The summed E-state index contributed by atoms with van der Waals surface area (Å²) < 4.78 is 93.1. The van der Waals surface area contributed by atoms with E-state index in [1.54, 1.807) is 36.8 Å². The fourth-order valence-corrected chi connectivity index (χ4v) is 22.5. The van der Waals surface area contributed by atoms with Crippen LogP contribution in [0.2, 0.25) is 0 Å². The highest BCUT2D eigenvalue weighted by atomic mass is 19.1. The Hall–Kier alpha value is -16.6. The van der Waals surface area contributed by atoms with Crippen molar-refractivity contribution in [3.05, 3.63) is 271 Å². The van der Waals surface area contributed by atoms with E-state index in [0.717, 1.165) is 127 Å². The number of phenols is 2. The molecule has 0 spiro atoms. The molecular formula is C117H115F3N20O10. The molecule has 10 aromatic carbocycles. The number of halogens is 3. The fourth-order valence-electron chi connectivity index (χ4n) is 22.5. The lowest BCUT2D eigenvalue weighted by Gasteiger charge is -2.42. The van der Waals surface area contributed by atoms with Crippen LogP contribution in [0.5, 0.6) is 35.3 Å². The molecule has 19 aromatic rings. The second kappa shape index (κ2) is 39.9. The summed E-state index contributed by atoms with van der Waals surface area (Å²) in [5.74, 6) is 4.35. The van der Waals surface area contributed by atoms with Crippen LogP contribution in [0.1, 0.15) is 111 Å². The molecule has 2 amide bonds. The molecule has 25 rings (SSSR count). The van der Waals surface area contributed by atoms with Gasteiger partial charge in [-0.05, 0) is 209 Å². The predicted octanol–water partition coefficient (Wildman–Crippen LogP) is 22.1. The zero-order chi connectivity index (χ0) is 103. The highest BCUT2D eigenvalue weighted by Gasteiger charge is 2.48. The van der Waals surface area contributed by atoms with Crippen LogP contribution in [-0.4, -0.2) is 200 Å². The minimum Gasteiger partial charge on any atom is -0.508 e. The van der Waals surface area contributed by atoms with E-state index in [9.17, 15) is 19.8 Å². The third-order valence-electron chi connectivity index (χ3n) is 29.5. The molecule has 764 valence electrons. The van der Waals surface area contributed by atoms with Crippen LogP contribution < -0.4 is 33.6 Å². The third kappa shape index (κ3) is 19.3.